The average Bonchev–Trinajstić information content (AvgIpc) is 2.90. The van der Waals surface area contributed by atoms with Crippen LogP contribution in [0.3, 0.4) is 0 Å². The van der Waals surface area contributed by atoms with Crippen molar-refractivity contribution in [3.8, 4) is 0 Å². The van der Waals surface area contributed by atoms with Crippen LogP contribution >= 0.6 is 0 Å². The first-order valence-corrected chi connectivity index (χ1v) is 14.7. The molecule has 0 bridgehead atoms. The number of carboxylic acid groups (broad SMARTS) is 1. The third-order valence-electron chi connectivity index (χ3n) is 13.4. The zero-order valence-electron chi connectivity index (χ0n) is 23.9. The van der Waals surface area contributed by atoms with Gasteiger partial charge in [0, 0.05) is 7.11 Å². The van der Waals surface area contributed by atoms with Gasteiger partial charge in [0.1, 0.15) is 0 Å². The molecule has 5 aliphatic rings. The van der Waals surface area contributed by atoms with Gasteiger partial charge in [-0.15, -0.1) is 0 Å². The minimum atomic E-state index is -0.579. The summed E-state index contributed by atoms with van der Waals surface area (Å²) in [6.07, 6.45) is 13.7. The van der Waals surface area contributed by atoms with Crippen molar-refractivity contribution < 1.29 is 14.6 Å². The first-order chi connectivity index (χ1) is 16.2. The second kappa shape index (κ2) is 8.08. The van der Waals surface area contributed by atoms with Gasteiger partial charge < -0.3 is 9.84 Å². The van der Waals surface area contributed by atoms with Crippen molar-refractivity contribution in [1.29, 1.82) is 0 Å². The number of carbonyl (C=O) groups is 1. The van der Waals surface area contributed by atoms with Crippen LogP contribution < -0.4 is 0 Å². The van der Waals surface area contributed by atoms with Gasteiger partial charge in [-0.3, -0.25) is 4.79 Å². The Labute approximate surface area is 214 Å². The van der Waals surface area contributed by atoms with Crippen molar-refractivity contribution in [2.75, 3.05) is 7.11 Å². The average molecular weight is 485 g/mol. The zero-order chi connectivity index (χ0) is 25.6. The molecule has 0 radical (unpaired) electrons. The number of allylic oxidation sites excluding steroid dienone is 2. The van der Waals surface area contributed by atoms with Gasteiger partial charge in [-0.2, -0.15) is 0 Å². The van der Waals surface area contributed by atoms with Crippen LogP contribution in [0.4, 0.5) is 0 Å². The Balaban J connectivity index is 1.48. The fourth-order valence-electron chi connectivity index (χ4n) is 11.8. The van der Waals surface area contributed by atoms with Gasteiger partial charge in [-0.05, 0) is 115 Å². The number of rotatable bonds is 2. The fraction of sp³-hybridized carbons (Fsp3) is 0.906. The molecule has 0 aromatic carbocycles. The summed E-state index contributed by atoms with van der Waals surface area (Å²) in [7, 11) is 1.92. The molecule has 0 aliphatic heterocycles. The van der Waals surface area contributed by atoms with Crippen molar-refractivity contribution in [2.45, 2.75) is 125 Å². The molecule has 5 aliphatic carbocycles. The van der Waals surface area contributed by atoms with Gasteiger partial charge >= 0.3 is 5.97 Å². The first kappa shape index (κ1) is 25.8. The summed E-state index contributed by atoms with van der Waals surface area (Å²) in [5, 5.41) is 10.00. The summed E-state index contributed by atoms with van der Waals surface area (Å²) < 4.78 is 6.03. The van der Waals surface area contributed by atoms with Gasteiger partial charge in [-0.1, -0.05) is 59.6 Å². The Bertz CT molecular complexity index is 914. The summed E-state index contributed by atoms with van der Waals surface area (Å²) in [5.41, 5.74) is 4.62. The van der Waals surface area contributed by atoms with Gasteiger partial charge in [0.25, 0.3) is 0 Å². The molecule has 2 unspecified atom stereocenters. The molecule has 0 aromatic rings. The Hall–Kier alpha value is -0.830. The fourth-order valence-corrected chi connectivity index (χ4v) is 11.8. The van der Waals surface area contributed by atoms with E-state index < -0.39 is 5.97 Å². The van der Waals surface area contributed by atoms with Crippen LogP contribution in [0.15, 0.2) is 11.1 Å². The predicted molar refractivity (Wildman–Crippen MR) is 142 cm³/mol. The Morgan fingerprint density at radius 3 is 2.14 bits per heavy atom. The van der Waals surface area contributed by atoms with E-state index in [9.17, 15) is 9.90 Å². The summed E-state index contributed by atoms with van der Waals surface area (Å²) in [5.74, 6) is 1.20. The lowest BCUT2D eigenvalue weighted by atomic mass is 9.42. The van der Waals surface area contributed by atoms with Gasteiger partial charge in [-0.25, -0.2) is 0 Å². The molecule has 0 spiro atoms. The molecule has 1 N–H and O–H groups in total. The van der Waals surface area contributed by atoms with Gasteiger partial charge in [0.2, 0.25) is 0 Å². The molecule has 3 fully saturated rings. The number of ether oxygens (including phenoxy) is 1. The molecule has 3 nitrogen and oxygen atoms in total. The molecule has 35 heavy (non-hydrogen) atoms. The maximum atomic E-state index is 12.1. The third-order valence-corrected chi connectivity index (χ3v) is 13.4. The van der Waals surface area contributed by atoms with Crippen LogP contribution in [0.25, 0.3) is 0 Å². The predicted octanol–water partition coefficient (Wildman–Crippen LogP) is 8.28. The summed E-state index contributed by atoms with van der Waals surface area (Å²) >= 11 is 0. The van der Waals surface area contributed by atoms with Crippen molar-refractivity contribution in [3.63, 3.8) is 0 Å². The maximum absolute atomic E-state index is 12.1. The van der Waals surface area contributed by atoms with E-state index in [1.54, 1.807) is 11.1 Å². The number of methoxy groups -OCH3 is 1. The second-order valence-electron chi connectivity index (χ2n) is 15.4. The summed E-state index contributed by atoms with van der Waals surface area (Å²) in [6.45, 7) is 17.3. The topological polar surface area (TPSA) is 46.5 Å². The summed E-state index contributed by atoms with van der Waals surface area (Å²) in [4.78, 5) is 12.1. The highest BCUT2D eigenvalue weighted by Crippen LogP contribution is 2.70. The van der Waals surface area contributed by atoms with Crippen LogP contribution in [-0.4, -0.2) is 24.3 Å². The molecule has 8 atom stereocenters. The third kappa shape index (κ3) is 3.48. The molecule has 5 rings (SSSR count). The van der Waals surface area contributed by atoms with E-state index in [-0.39, 0.29) is 22.2 Å². The smallest absolute Gasteiger partial charge is 0.307 e. The lowest BCUT2D eigenvalue weighted by molar-refractivity contribution is -0.178. The molecule has 0 amide bonds. The van der Waals surface area contributed by atoms with Gasteiger partial charge in [0.05, 0.1) is 12.0 Å². The Morgan fingerprint density at radius 1 is 0.800 bits per heavy atom. The highest BCUT2D eigenvalue weighted by molar-refractivity contribution is 5.71. The standard InChI is InChI=1S/C32H52O3/c1-28(2)22(27(33)34)13-17-31(6)21-10-12-25-30(5,19-20(21)9-11-23(28)31)16-14-24-29(3,4)26(35-8)15-18-32(24,25)7/h22-26H,9-19H2,1-8H3,(H,33,34)/t22-,23-,24?,25?,26+,30-,31+,32-/m0/s1. The molecule has 0 heterocycles. The molecular formula is C32H52O3. The molecule has 3 heteroatoms. The SMILES string of the molecule is CO[C@@H]1CC[C@@]2(C)C(CC[C@@]3(C)CC4=C(CCC32)[C@@]2(C)CC[C@@H](C(=O)O)C(C)(C)[C@@H]2CC4)C1(C)C. The van der Waals surface area contributed by atoms with E-state index in [0.29, 0.717) is 22.9 Å². The van der Waals surface area contributed by atoms with Crippen molar-refractivity contribution >= 4 is 5.97 Å². The van der Waals surface area contributed by atoms with Crippen LogP contribution in [0.2, 0.25) is 0 Å². The van der Waals surface area contributed by atoms with E-state index in [1.807, 2.05) is 7.11 Å². The van der Waals surface area contributed by atoms with E-state index in [0.717, 1.165) is 24.7 Å². The number of hydrogen-bond donors (Lipinski definition) is 1. The van der Waals surface area contributed by atoms with Crippen LogP contribution in [0.5, 0.6) is 0 Å². The van der Waals surface area contributed by atoms with E-state index in [1.165, 1.54) is 57.8 Å². The first-order valence-electron chi connectivity index (χ1n) is 14.7. The number of fused-ring (bicyclic) bond motifs is 5. The molecule has 3 saturated carbocycles. The summed E-state index contributed by atoms with van der Waals surface area (Å²) in [6, 6.07) is 0. The number of carboxylic acids is 1. The number of hydrogen-bond acceptors (Lipinski definition) is 2. The molecular weight excluding hydrogens is 432 g/mol. The normalized spacial score (nSPS) is 48.6. The van der Waals surface area contributed by atoms with Crippen LogP contribution in [-0.2, 0) is 9.53 Å². The van der Waals surface area contributed by atoms with Crippen molar-refractivity contribution in [1.82, 2.24) is 0 Å². The van der Waals surface area contributed by atoms with Gasteiger partial charge in [0.15, 0.2) is 0 Å². The highest BCUT2D eigenvalue weighted by Gasteiger charge is 2.62. The lowest BCUT2D eigenvalue weighted by Crippen LogP contribution is -2.58. The zero-order valence-corrected chi connectivity index (χ0v) is 23.9. The lowest BCUT2D eigenvalue weighted by Gasteiger charge is -2.64. The minimum Gasteiger partial charge on any atom is -0.481 e. The largest absolute Gasteiger partial charge is 0.481 e. The monoisotopic (exact) mass is 484 g/mol. The van der Waals surface area contributed by atoms with Crippen LogP contribution in [0.1, 0.15) is 119 Å². The number of aliphatic carboxylic acids is 1. The quantitative estimate of drug-likeness (QED) is 0.401. The van der Waals surface area contributed by atoms with Crippen molar-refractivity contribution in [2.24, 2.45) is 50.7 Å². The van der Waals surface area contributed by atoms with Crippen molar-refractivity contribution in [3.05, 3.63) is 11.1 Å². The van der Waals surface area contributed by atoms with E-state index in [2.05, 4.69) is 48.5 Å². The minimum absolute atomic E-state index is 0.139. The van der Waals surface area contributed by atoms with Crippen LogP contribution in [0, 0.1) is 50.7 Å². The Morgan fingerprint density at radius 2 is 1.49 bits per heavy atom. The molecule has 198 valence electrons. The van der Waals surface area contributed by atoms with E-state index in [4.69, 9.17) is 4.74 Å². The molecule has 0 saturated heterocycles. The van der Waals surface area contributed by atoms with E-state index >= 15 is 0 Å². The maximum Gasteiger partial charge on any atom is 0.307 e. The second-order valence-corrected chi connectivity index (χ2v) is 15.4. The molecule has 0 aromatic heterocycles. The Kier molecular flexibility index (Phi) is 5.96. The highest BCUT2D eigenvalue weighted by atomic mass is 16.5.